The number of aliphatic hydroxyl groups excluding tert-OH is 1. The summed E-state index contributed by atoms with van der Waals surface area (Å²) in [6.45, 7) is 1.80. The molecule has 3 aromatic heterocycles. The van der Waals surface area contributed by atoms with Gasteiger partial charge in [-0.15, -0.1) is 0 Å². The van der Waals surface area contributed by atoms with Gasteiger partial charge in [-0.05, 0) is 41.8 Å². The van der Waals surface area contributed by atoms with Crippen molar-refractivity contribution in [2.24, 2.45) is 5.73 Å². The van der Waals surface area contributed by atoms with Gasteiger partial charge in [-0.2, -0.15) is 5.10 Å². The SMILES string of the molecule is Cc1ccc2[nH]ncc2c1-c1cc(-c2ccnc(N[C@@H](CO)c3ccccc3)n2)nc(C(N)=O)c1N. The van der Waals surface area contributed by atoms with Crippen LogP contribution in [0, 0.1) is 6.92 Å². The molecule has 0 radical (unpaired) electrons. The van der Waals surface area contributed by atoms with Crippen molar-refractivity contribution in [2.75, 3.05) is 17.7 Å². The zero-order valence-corrected chi connectivity index (χ0v) is 19.4. The van der Waals surface area contributed by atoms with E-state index in [4.69, 9.17) is 11.5 Å². The lowest BCUT2D eigenvalue weighted by Crippen LogP contribution is -2.18. The first kappa shape index (κ1) is 22.9. The number of aliphatic hydroxyl groups is 1. The number of H-pyrrole nitrogens is 1. The number of fused-ring (bicyclic) bond motifs is 1. The number of primary amides is 1. The lowest BCUT2D eigenvalue weighted by molar-refractivity contribution is 0.0996. The monoisotopic (exact) mass is 480 g/mol. The Balaban J connectivity index is 1.61. The number of carbonyl (C=O) groups excluding carboxylic acids is 1. The number of nitrogens with zero attached hydrogens (tertiary/aromatic N) is 4. The zero-order chi connectivity index (χ0) is 25.2. The molecule has 0 fully saturated rings. The van der Waals surface area contributed by atoms with Gasteiger partial charge in [0.1, 0.15) is 0 Å². The highest BCUT2D eigenvalue weighted by atomic mass is 16.3. The molecule has 7 N–H and O–H groups in total. The number of amides is 1. The van der Waals surface area contributed by atoms with Crippen LogP contribution in [0.25, 0.3) is 33.4 Å². The van der Waals surface area contributed by atoms with E-state index in [-0.39, 0.29) is 18.0 Å². The van der Waals surface area contributed by atoms with Crippen LogP contribution in [-0.2, 0) is 0 Å². The third kappa shape index (κ3) is 4.21. The summed E-state index contributed by atoms with van der Waals surface area (Å²) in [7, 11) is 0. The smallest absolute Gasteiger partial charge is 0.269 e. The van der Waals surface area contributed by atoms with E-state index < -0.39 is 11.9 Å². The Labute approximate surface area is 206 Å². The van der Waals surface area contributed by atoms with E-state index in [9.17, 15) is 9.90 Å². The second kappa shape index (κ2) is 9.43. The molecule has 0 spiro atoms. The van der Waals surface area contributed by atoms with Crippen LogP contribution >= 0.6 is 0 Å². The fourth-order valence-corrected chi connectivity index (χ4v) is 4.21. The molecule has 0 aliphatic carbocycles. The number of aromatic amines is 1. The normalized spacial score (nSPS) is 11.9. The number of nitrogen functional groups attached to an aromatic ring is 1. The van der Waals surface area contributed by atoms with Crippen molar-refractivity contribution in [2.45, 2.75) is 13.0 Å². The Morgan fingerprint density at radius 2 is 1.92 bits per heavy atom. The van der Waals surface area contributed by atoms with Gasteiger partial charge in [0, 0.05) is 17.1 Å². The van der Waals surface area contributed by atoms with Crippen LogP contribution in [0.3, 0.4) is 0 Å². The molecule has 1 amide bonds. The van der Waals surface area contributed by atoms with E-state index in [0.717, 1.165) is 27.6 Å². The molecule has 0 saturated carbocycles. The molecule has 36 heavy (non-hydrogen) atoms. The van der Waals surface area contributed by atoms with Crippen molar-refractivity contribution in [1.29, 1.82) is 0 Å². The predicted octanol–water partition coefficient (Wildman–Crippen LogP) is 3.22. The van der Waals surface area contributed by atoms with E-state index in [1.807, 2.05) is 49.4 Å². The largest absolute Gasteiger partial charge is 0.396 e. The van der Waals surface area contributed by atoms with Gasteiger partial charge in [0.2, 0.25) is 5.95 Å². The second-order valence-electron chi connectivity index (χ2n) is 8.33. The second-order valence-corrected chi connectivity index (χ2v) is 8.33. The van der Waals surface area contributed by atoms with E-state index in [2.05, 4.69) is 30.5 Å². The number of nitrogens with one attached hydrogen (secondary N) is 2. The van der Waals surface area contributed by atoms with E-state index in [1.54, 1.807) is 24.5 Å². The third-order valence-corrected chi connectivity index (χ3v) is 6.00. The van der Waals surface area contributed by atoms with Crippen LogP contribution < -0.4 is 16.8 Å². The maximum absolute atomic E-state index is 12.3. The summed E-state index contributed by atoms with van der Waals surface area (Å²) in [6, 6.07) is 16.4. The molecule has 5 rings (SSSR count). The number of hydrogen-bond acceptors (Lipinski definition) is 8. The zero-order valence-electron chi connectivity index (χ0n) is 19.4. The van der Waals surface area contributed by atoms with Crippen molar-refractivity contribution >= 4 is 28.4 Å². The van der Waals surface area contributed by atoms with Crippen molar-refractivity contribution in [3.05, 3.63) is 83.8 Å². The molecule has 3 heterocycles. The molecule has 0 aliphatic rings. The summed E-state index contributed by atoms with van der Waals surface area (Å²) < 4.78 is 0. The Kier molecular flexibility index (Phi) is 6.01. The molecule has 0 unspecified atom stereocenters. The predicted molar refractivity (Wildman–Crippen MR) is 138 cm³/mol. The number of aryl methyl sites for hydroxylation is 1. The van der Waals surface area contributed by atoms with Crippen LogP contribution in [0.1, 0.15) is 27.7 Å². The van der Waals surface area contributed by atoms with E-state index in [0.29, 0.717) is 22.9 Å². The van der Waals surface area contributed by atoms with Gasteiger partial charge < -0.3 is 21.9 Å². The van der Waals surface area contributed by atoms with Crippen molar-refractivity contribution < 1.29 is 9.90 Å². The first-order chi connectivity index (χ1) is 17.5. The topological polar surface area (TPSA) is 169 Å². The molecule has 180 valence electrons. The number of pyridine rings is 1. The Morgan fingerprint density at radius 1 is 1.11 bits per heavy atom. The van der Waals surface area contributed by atoms with Crippen LogP contribution in [0.15, 0.2) is 67.0 Å². The highest BCUT2D eigenvalue weighted by Gasteiger charge is 2.21. The summed E-state index contributed by atoms with van der Waals surface area (Å²) in [5.41, 5.74) is 17.1. The number of aromatic nitrogens is 5. The molecular weight excluding hydrogens is 456 g/mol. The average molecular weight is 481 g/mol. The van der Waals surface area contributed by atoms with Gasteiger partial charge >= 0.3 is 0 Å². The van der Waals surface area contributed by atoms with Gasteiger partial charge in [-0.3, -0.25) is 9.89 Å². The summed E-state index contributed by atoms with van der Waals surface area (Å²) >= 11 is 0. The van der Waals surface area contributed by atoms with Gasteiger partial charge in [-0.25, -0.2) is 15.0 Å². The summed E-state index contributed by atoms with van der Waals surface area (Å²) in [5.74, 6) is -0.450. The van der Waals surface area contributed by atoms with Gasteiger partial charge in [-0.1, -0.05) is 36.4 Å². The summed E-state index contributed by atoms with van der Waals surface area (Å²) in [5, 5.41) is 21.0. The average Bonchev–Trinajstić information content (AvgIpc) is 3.37. The first-order valence-corrected chi connectivity index (χ1v) is 11.3. The van der Waals surface area contributed by atoms with Crippen LogP contribution in [0.5, 0.6) is 0 Å². The molecular formula is C26H24N8O2. The van der Waals surface area contributed by atoms with E-state index in [1.165, 1.54) is 0 Å². The first-order valence-electron chi connectivity index (χ1n) is 11.3. The van der Waals surface area contributed by atoms with Gasteiger partial charge in [0.05, 0.1) is 41.4 Å². The van der Waals surface area contributed by atoms with E-state index >= 15 is 0 Å². The molecule has 1 atom stereocenters. The number of benzene rings is 2. The highest BCUT2D eigenvalue weighted by Crippen LogP contribution is 2.37. The third-order valence-electron chi connectivity index (χ3n) is 6.00. The van der Waals surface area contributed by atoms with Crippen LogP contribution in [0.2, 0.25) is 0 Å². The lowest BCUT2D eigenvalue weighted by Gasteiger charge is -2.17. The van der Waals surface area contributed by atoms with Crippen LogP contribution in [-0.4, -0.2) is 42.8 Å². The minimum atomic E-state index is -0.746. The molecule has 0 aliphatic heterocycles. The lowest BCUT2D eigenvalue weighted by atomic mass is 9.94. The Morgan fingerprint density at radius 3 is 2.67 bits per heavy atom. The number of anilines is 2. The van der Waals surface area contributed by atoms with Gasteiger partial charge in [0.15, 0.2) is 5.69 Å². The number of rotatable bonds is 7. The Hall–Kier alpha value is -4.83. The molecule has 0 bridgehead atoms. The number of nitrogens with two attached hydrogens (primary N) is 2. The number of carbonyl (C=O) groups is 1. The quantitative estimate of drug-likeness (QED) is 0.236. The maximum Gasteiger partial charge on any atom is 0.269 e. The van der Waals surface area contributed by atoms with Crippen molar-refractivity contribution in [1.82, 2.24) is 25.1 Å². The fraction of sp³-hybridized carbons (Fsp3) is 0.115. The standard InChI is InChI=1S/C26H24N8O2/c1-14-7-8-18-17(12-30-34-18)22(14)16-11-20(31-24(23(16)27)25(28)36)19-9-10-29-26(32-19)33-21(13-35)15-5-3-2-4-6-15/h2-12,21,35H,13,27H2,1H3,(H2,28,36)(H,30,34)(H,29,32,33)/t21-/m0/s1. The number of hydrogen-bond donors (Lipinski definition) is 5. The Bertz CT molecular complexity index is 1570. The summed E-state index contributed by atoms with van der Waals surface area (Å²) in [6.07, 6.45) is 3.29. The molecule has 5 aromatic rings. The maximum atomic E-state index is 12.3. The minimum absolute atomic E-state index is 0.0481. The highest BCUT2D eigenvalue weighted by molar-refractivity contribution is 6.05. The minimum Gasteiger partial charge on any atom is -0.396 e. The van der Waals surface area contributed by atoms with Crippen molar-refractivity contribution in [3.63, 3.8) is 0 Å². The van der Waals surface area contributed by atoms with Gasteiger partial charge in [0.25, 0.3) is 5.91 Å². The molecule has 2 aromatic carbocycles. The molecule has 0 saturated heterocycles. The van der Waals surface area contributed by atoms with Crippen LogP contribution in [0.4, 0.5) is 11.6 Å². The molecule has 10 heteroatoms. The fourth-order valence-electron chi connectivity index (χ4n) is 4.21. The van der Waals surface area contributed by atoms with Crippen molar-refractivity contribution in [3.8, 4) is 22.5 Å². The molecule has 10 nitrogen and oxygen atoms in total. The summed E-state index contributed by atoms with van der Waals surface area (Å²) in [4.78, 5) is 25.6.